The maximum Gasteiger partial charge on any atom is 0.0794 e. The SMILES string of the molecule is CCNC1CCC(c2cscn2)C1. The summed E-state index contributed by atoms with van der Waals surface area (Å²) in [5.74, 6) is 0.718. The maximum atomic E-state index is 4.38. The molecule has 1 fully saturated rings. The van der Waals surface area contributed by atoms with Gasteiger partial charge in [0.25, 0.3) is 0 Å². The molecule has 2 atom stereocenters. The highest BCUT2D eigenvalue weighted by Gasteiger charge is 2.25. The Kier molecular flexibility index (Phi) is 2.96. The molecule has 2 nitrogen and oxygen atoms in total. The summed E-state index contributed by atoms with van der Waals surface area (Å²) in [6.07, 6.45) is 3.90. The summed E-state index contributed by atoms with van der Waals surface area (Å²) in [6.45, 7) is 3.27. The Labute approximate surface area is 83.4 Å². The van der Waals surface area contributed by atoms with Crippen LogP contribution in [0.1, 0.15) is 37.8 Å². The van der Waals surface area contributed by atoms with Crippen LogP contribution in [0, 0.1) is 0 Å². The fraction of sp³-hybridized carbons (Fsp3) is 0.700. The Hall–Kier alpha value is -0.410. The van der Waals surface area contributed by atoms with Gasteiger partial charge in [0, 0.05) is 17.3 Å². The first-order chi connectivity index (χ1) is 6.40. The quantitative estimate of drug-likeness (QED) is 0.803. The van der Waals surface area contributed by atoms with Crippen LogP contribution in [0.3, 0.4) is 0 Å². The number of hydrogen-bond donors (Lipinski definition) is 1. The highest BCUT2D eigenvalue weighted by atomic mass is 32.1. The second-order valence-electron chi connectivity index (χ2n) is 3.68. The van der Waals surface area contributed by atoms with Crippen molar-refractivity contribution in [3.05, 3.63) is 16.6 Å². The van der Waals surface area contributed by atoms with E-state index in [4.69, 9.17) is 0 Å². The van der Waals surface area contributed by atoms with E-state index in [-0.39, 0.29) is 0 Å². The molecule has 0 amide bonds. The van der Waals surface area contributed by atoms with Crippen molar-refractivity contribution >= 4 is 11.3 Å². The van der Waals surface area contributed by atoms with Gasteiger partial charge in [-0.3, -0.25) is 0 Å². The van der Waals surface area contributed by atoms with Crippen molar-refractivity contribution in [2.24, 2.45) is 0 Å². The maximum absolute atomic E-state index is 4.38. The standard InChI is InChI=1S/C10H16N2S/c1-2-11-9-4-3-8(5-9)10-6-13-7-12-10/h6-9,11H,2-5H2,1H3. The number of nitrogens with zero attached hydrogens (tertiary/aromatic N) is 1. The summed E-state index contributed by atoms with van der Waals surface area (Å²) in [5.41, 5.74) is 3.25. The number of aromatic nitrogens is 1. The van der Waals surface area contributed by atoms with Gasteiger partial charge in [0.05, 0.1) is 11.2 Å². The predicted octanol–water partition coefficient (Wildman–Crippen LogP) is 2.39. The molecule has 0 aliphatic heterocycles. The minimum absolute atomic E-state index is 0.718. The third-order valence-electron chi connectivity index (χ3n) is 2.80. The Morgan fingerprint density at radius 3 is 3.23 bits per heavy atom. The summed E-state index contributed by atoms with van der Waals surface area (Å²) >= 11 is 1.71. The molecule has 2 unspecified atom stereocenters. The fourth-order valence-corrected chi connectivity index (χ4v) is 2.78. The van der Waals surface area contributed by atoms with Crippen molar-refractivity contribution in [3.63, 3.8) is 0 Å². The molecule has 1 aromatic heterocycles. The molecule has 1 N–H and O–H groups in total. The summed E-state index contributed by atoms with van der Waals surface area (Å²) in [5, 5.41) is 5.71. The average molecular weight is 196 g/mol. The van der Waals surface area contributed by atoms with Gasteiger partial charge in [0.15, 0.2) is 0 Å². The summed E-state index contributed by atoms with van der Waals surface area (Å²) < 4.78 is 0. The molecule has 0 bridgehead atoms. The average Bonchev–Trinajstić information content (AvgIpc) is 2.70. The molecule has 0 spiro atoms. The lowest BCUT2D eigenvalue weighted by Gasteiger charge is -2.09. The van der Waals surface area contributed by atoms with Crippen molar-refractivity contribution in [1.82, 2.24) is 10.3 Å². The van der Waals surface area contributed by atoms with E-state index >= 15 is 0 Å². The van der Waals surface area contributed by atoms with Crippen LogP contribution in [0.5, 0.6) is 0 Å². The summed E-state index contributed by atoms with van der Waals surface area (Å²) in [4.78, 5) is 4.38. The summed E-state index contributed by atoms with van der Waals surface area (Å²) in [6, 6.07) is 0.733. The lowest BCUT2D eigenvalue weighted by atomic mass is 10.1. The molecule has 1 aliphatic rings. The molecule has 3 heteroatoms. The van der Waals surface area contributed by atoms with Crippen molar-refractivity contribution < 1.29 is 0 Å². The number of thiazole rings is 1. The van der Waals surface area contributed by atoms with Crippen LogP contribution >= 0.6 is 11.3 Å². The van der Waals surface area contributed by atoms with Crippen LogP contribution in [-0.2, 0) is 0 Å². The van der Waals surface area contributed by atoms with E-state index in [0.717, 1.165) is 18.5 Å². The van der Waals surface area contributed by atoms with Crippen LogP contribution in [0.15, 0.2) is 10.9 Å². The van der Waals surface area contributed by atoms with Crippen LogP contribution in [0.4, 0.5) is 0 Å². The Bertz CT molecular complexity index is 245. The third-order valence-corrected chi connectivity index (χ3v) is 3.40. The van der Waals surface area contributed by atoms with E-state index in [1.54, 1.807) is 11.3 Å². The molecule has 72 valence electrons. The molecule has 1 saturated carbocycles. The summed E-state index contributed by atoms with van der Waals surface area (Å²) in [7, 11) is 0. The van der Waals surface area contributed by atoms with E-state index in [2.05, 4.69) is 22.6 Å². The number of rotatable bonds is 3. The normalized spacial score (nSPS) is 28.1. The number of nitrogens with one attached hydrogen (secondary N) is 1. The van der Waals surface area contributed by atoms with Crippen molar-refractivity contribution in [3.8, 4) is 0 Å². The van der Waals surface area contributed by atoms with E-state index in [1.165, 1.54) is 25.0 Å². The van der Waals surface area contributed by atoms with E-state index < -0.39 is 0 Å². The first-order valence-corrected chi connectivity index (χ1v) is 5.96. The van der Waals surface area contributed by atoms with Gasteiger partial charge in [-0.1, -0.05) is 6.92 Å². The van der Waals surface area contributed by atoms with Gasteiger partial charge in [0.2, 0.25) is 0 Å². The van der Waals surface area contributed by atoms with Gasteiger partial charge >= 0.3 is 0 Å². The molecule has 1 heterocycles. The minimum atomic E-state index is 0.718. The lowest BCUT2D eigenvalue weighted by Crippen LogP contribution is -2.25. The highest BCUT2D eigenvalue weighted by molar-refractivity contribution is 7.07. The zero-order valence-corrected chi connectivity index (χ0v) is 8.81. The van der Waals surface area contributed by atoms with Crippen LogP contribution < -0.4 is 5.32 Å². The zero-order valence-electron chi connectivity index (χ0n) is 7.99. The molecule has 0 saturated heterocycles. The van der Waals surface area contributed by atoms with Crippen LogP contribution in [0.2, 0.25) is 0 Å². The fourth-order valence-electron chi connectivity index (χ4n) is 2.15. The van der Waals surface area contributed by atoms with Gasteiger partial charge in [-0.2, -0.15) is 0 Å². The molecule has 2 rings (SSSR count). The lowest BCUT2D eigenvalue weighted by molar-refractivity contribution is 0.533. The minimum Gasteiger partial charge on any atom is -0.314 e. The molecule has 0 radical (unpaired) electrons. The first kappa shape index (κ1) is 9.16. The molecule has 1 aliphatic carbocycles. The topological polar surface area (TPSA) is 24.9 Å². The highest BCUT2D eigenvalue weighted by Crippen LogP contribution is 2.33. The molecular weight excluding hydrogens is 180 g/mol. The largest absolute Gasteiger partial charge is 0.314 e. The zero-order chi connectivity index (χ0) is 9.10. The van der Waals surface area contributed by atoms with Crippen LogP contribution in [0.25, 0.3) is 0 Å². The Morgan fingerprint density at radius 2 is 2.54 bits per heavy atom. The predicted molar refractivity (Wildman–Crippen MR) is 56.2 cm³/mol. The van der Waals surface area contributed by atoms with Gasteiger partial charge < -0.3 is 5.32 Å². The second kappa shape index (κ2) is 4.20. The monoisotopic (exact) mass is 196 g/mol. The number of hydrogen-bond acceptors (Lipinski definition) is 3. The van der Waals surface area contributed by atoms with E-state index in [9.17, 15) is 0 Å². The van der Waals surface area contributed by atoms with E-state index in [0.29, 0.717) is 0 Å². The molecule has 0 aromatic carbocycles. The van der Waals surface area contributed by atoms with E-state index in [1.807, 2.05) is 5.51 Å². The molecular formula is C10H16N2S. The molecule has 13 heavy (non-hydrogen) atoms. The third kappa shape index (κ3) is 2.09. The second-order valence-corrected chi connectivity index (χ2v) is 4.40. The van der Waals surface area contributed by atoms with Gasteiger partial charge in [-0.25, -0.2) is 4.98 Å². The van der Waals surface area contributed by atoms with Crippen LogP contribution in [-0.4, -0.2) is 17.6 Å². The Morgan fingerprint density at radius 1 is 1.62 bits per heavy atom. The van der Waals surface area contributed by atoms with Crippen molar-refractivity contribution in [2.45, 2.75) is 38.1 Å². The van der Waals surface area contributed by atoms with Crippen molar-refractivity contribution in [2.75, 3.05) is 6.54 Å². The van der Waals surface area contributed by atoms with Gasteiger partial charge in [-0.05, 0) is 25.8 Å². The van der Waals surface area contributed by atoms with Gasteiger partial charge in [-0.15, -0.1) is 11.3 Å². The molecule has 1 aromatic rings. The Balaban J connectivity index is 1.91. The van der Waals surface area contributed by atoms with Gasteiger partial charge in [0.1, 0.15) is 0 Å². The van der Waals surface area contributed by atoms with Crippen molar-refractivity contribution in [1.29, 1.82) is 0 Å². The first-order valence-electron chi connectivity index (χ1n) is 5.01. The smallest absolute Gasteiger partial charge is 0.0794 e.